The lowest BCUT2D eigenvalue weighted by molar-refractivity contribution is -0.127. The fourth-order valence-electron chi connectivity index (χ4n) is 4.00. The van der Waals surface area contributed by atoms with Crippen molar-refractivity contribution in [1.82, 2.24) is 10.2 Å². The van der Waals surface area contributed by atoms with Crippen LogP contribution < -0.4 is 14.8 Å². The van der Waals surface area contributed by atoms with Gasteiger partial charge < -0.3 is 14.8 Å². The number of carbonyl (C=O) groups excluding carboxylic acids is 1. The van der Waals surface area contributed by atoms with Crippen LogP contribution in [0.5, 0.6) is 11.5 Å². The highest BCUT2D eigenvalue weighted by atomic mass is 35.5. The molecule has 1 fully saturated rings. The Kier molecular flexibility index (Phi) is 8.61. The van der Waals surface area contributed by atoms with Crippen molar-refractivity contribution in [2.24, 2.45) is 5.92 Å². The van der Waals surface area contributed by atoms with E-state index in [1.54, 1.807) is 0 Å². The van der Waals surface area contributed by atoms with Gasteiger partial charge in [-0.05, 0) is 82.1 Å². The Morgan fingerprint density at radius 1 is 1.10 bits per heavy atom. The summed E-state index contributed by atoms with van der Waals surface area (Å²) in [6.45, 7) is 9.77. The second-order valence-electron chi connectivity index (χ2n) is 7.98. The number of ether oxygens (including phenoxy) is 2. The standard InChI is InChI=1S/C25H33ClN2O3/c1-4-30-23-10-9-21(16-24(23)31-5-2)18(3)27-25(29)20-11-13-28(14-12-20)17-19-7-6-8-22(26)15-19/h6-10,15-16,18,20H,4-5,11-14,17H2,1-3H3,(H,27,29)/t18-/m0/s1. The van der Waals surface area contributed by atoms with Gasteiger partial charge in [0.2, 0.25) is 5.91 Å². The number of likely N-dealkylation sites (tertiary alicyclic amines) is 1. The van der Waals surface area contributed by atoms with Gasteiger partial charge >= 0.3 is 0 Å². The molecule has 1 saturated heterocycles. The quantitative estimate of drug-likeness (QED) is 0.575. The van der Waals surface area contributed by atoms with Gasteiger partial charge in [-0.2, -0.15) is 0 Å². The number of benzene rings is 2. The van der Waals surface area contributed by atoms with Crippen LogP contribution in [0.25, 0.3) is 0 Å². The molecule has 168 valence electrons. The number of rotatable bonds is 9. The van der Waals surface area contributed by atoms with Crippen LogP contribution in [0.15, 0.2) is 42.5 Å². The predicted molar refractivity (Wildman–Crippen MR) is 125 cm³/mol. The highest BCUT2D eigenvalue weighted by Crippen LogP contribution is 2.31. The molecule has 1 heterocycles. The number of carbonyl (C=O) groups is 1. The van der Waals surface area contributed by atoms with Crippen LogP contribution >= 0.6 is 11.6 Å². The number of hydrogen-bond donors (Lipinski definition) is 1. The maximum Gasteiger partial charge on any atom is 0.223 e. The molecular weight excluding hydrogens is 412 g/mol. The zero-order valence-electron chi connectivity index (χ0n) is 18.7. The van der Waals surface area contributed by atoms with E-state index in [1.807, 2.05) is 57.2 Å². The molecule has 1 aliphatic heterocycles. The Morgan fingerprint density at radius 2 is 1.81 bits per heavy atom. The second kappa shape index (κ2) is 11.4. The summed E-state index contributed by atoms with van der Waals surface area (Å²) < 4.78 is 11.4. The molecule has 3 rings (SSSR count). The van der Waals surface area contributed by atoms with Gasteiger partial charge in [0, 0.05) is 17.5 Å². The minimum Gasteiger partial charge on any atom is -0.490 e. The molecule has 0 unspecified atom stereocenters. The van der Waals surface area contributed by atoms with Gasteiger partial charge in [0.25, 0.3) is 0 Å². The molecule has 1 N–H and O–H groups in total. The average Bonchev–Trinajstić information content (AvgIpc) is 2.75. The van der Waals surface area contributed by atoms with Gasteiger partial charge in [0.15, 0.2) is 11.5 Å². The maximum absolute atomic E-state index is 12.9. The third-order valence-corrected chi connectivity index (χ3v) is 5.91. The van der Waals surface area contributed by atoms with E-state index < -0.39 is 0 Å². The average molecular weight is 445 g/mol. The summed E-state index contributed by atoms with van der Waals surface area (Å²) >= 11 is 6.09. The van der Waals surface area contributed by atoms with E-state index >= 15 is 0 Å². The fraction of sp³-hybridized carbons (Fsp3) is 0.480. The molecule has 0 saturated carbocycles. The summed E-state index contributed by atoms with van der Waals surface area (Å²) in [6.07, 6.45) is 1.74. The van der Waals surface area contributed by atoms with Gasteiger partial charge in [-0.25, -0.2) is 0 Å². The van der Waals surface area contributed by atoms with Crippen molar-refractivity contribution in [3.8, 4) is 11.5 Å². The summed E-state index contributed by atoms with van der Waals surface area (Å²) in [5.41, 5.74) is 2.23. The monoisotopic (exact) mass is 444 g/mol. The molecule has 2 aromatic rings. The van der Waals surface area contributed by atoms with Crippen molar-refractivity contribution < 1.29 is 14.3 Å². The van der Waals surface area contributed by atoms with E-state index in [4.69, 9.17) is 21.1 Å². The molecule has 1 atom stereocenters. The molecule has 0 spiro atoms. The first-order valence-electron chi connectivity index (χ1n) is 11.2. The maximum atomic E-state index is 12.9. The molecule has 0 aromatic heterocycles. The van der Waals surface area contributed by atoms with E-state index in [0.29, 0.717) is 13.2 Å². The third kappa shape index (κ3) is 6.62. The largest absolute Gasteiger partial charge is 0.490 e. The van der Waals surface area contributed by atoms with E-state index in [9.17, 15) is 4.79 Å². The Morgan fingerprint density at radius 3 is 2.48 bits per heavy atom. The first-order chi connectivity index (χ1) is 15.0. The number of hydrogen-bond acceptors (Lipinski definition) is 4. The van der Waals surface area contributed by atoms with E-state index in [2.05, 4.69) is 16.3 Å². The van der Waals surface area contributed by atoms with Crippen molar-refractivity contribution in [3.63, 3.8) is 0 Å². The van der Waals surface area contributed by atoms with Crippen LogP contribution in [0.4, 0.5) is 0 Å². The van der Waals surface area contributed by atoms with Gasteiger partial charge in [-0.1, -0.05) is 29.8 Å². The minimum absolute atomic E-state index is 0.0483. The van der Waals surface area contributed by atoms with E-state index in [1.165, 1.54) is 5.56 Å². The lowest BCUT2D eigenvalue weighted by Crippen LogP contribution is -2.40. The summed E-state index contributed by atoms with van der Waals surface area (Å²) in [4.78, 5) is 15.3. The normalized spacial score (nSPS) is 16.0. The molecule has 1 aliphatic rings. The van der Waals surface area contributed by atoms with Crippen LogP contribution in [-0.4, -0.2) is 37.1 Å². The van der Waals surface area contributed by atoms with Crippen molar-refractivity contribution in [1.29, 1.82) is 0 Å². The molecule has 1 amide bonds. The Bertz CT molecular complexity index is 866. The Labute approximate surface area is 190 Å². The van der Waals surface area contributed by atoms with Gasteiger partial charge in [0.1, 0.15) is 0 Å². The minimum atomic E-state index is -0.0909. The first kappa shape index (κ1) is 23.4. The molecule has 5 nitrogen and oxygen atoms in total. The van der Waals surface area contributed by atoms with Crippen LogP contribution in [0.1, 0.15) is 50.8 Å². The Hall–Kier alpha value is -2.24. The van der Waals surface area contributed by atoms with Crippen molar-refractivity contribution in [2.75, 3.05) is 26.3 Å². The van der Waals surface area contributed by atoms with Gasteiger partial charge in [-0.15, -0.1) is 0 Å². The smallest absolute Gasteiger partial charge is 0.223 e. The highest BCUT2D eigenvalue weighted by molar-refractivity contribution is 6.30. The molecular formula is C25H33ClN2O3. The van der Waals surface area contributed by atoms with Crippen molar-refractivity contribution >= 4 is 17.5 Å². The molecule has 0 radical (unpaired) electrons. The number of piperidine rings is 1. The number of nitrogens with one attached hydrogen (secondary N) is 1. The van der Waals surface area contributed by atoms with Crippen LogP contribution in [0, 0.1) is 5.92 Å². The van der Waals surface area contributed by atoms with Crippen molar-refractivity contribution in [2.45, 2.75) is 46.2 Å². The lowest BCUT2D eigenvalue weighted by Gasteiger charge is -2.32. The van der Waals surface area contributed by atoms with Crippen molar-refractivity contribution in [3.05, 3.63) is 58.6 Å². The number of amides is 1. The Balaban J connectivity index is 1.53. The zero-order chi connectivity index (χ0) is 22.2. The molecule has 31 heavy (non-hydrogen) atoms. The molecule has 0 bridgehead atoms. The summed E-state index contributed by atoms with van der Waals surface area (Å²) in [5.74, 6) is 1.63. The number of nitrogens with zero attached hydrogens (tertiary/aromatic N) is 1. The van der Waals surface area contributed by atoms with Crippen LogP contribution in [-0.2, 0) is 11.3 Å². The number of halogens is 1. The van der Waals surface area contributed by atoms with E-state index in [-0.39, 0.29) is 17.9 Å². The van der Waals surface area contributed by atoms with Gasteiger partial charge in [-0.3, -0.25) is 9.69 Å². The summed E-state index contributed by atoms with van der Waals surface area (Å²) in [5, 5.41) is 3.95. The molecule has 0 aliphatic carbocycles. The van der Waals surface area contributed by atoms with Crippen LogP contribution in [0.2, 0.25) is 5.02 Å². The lowest BCUT2D eigenvalue weighted by atomic mass is 9.94. The third-order valence-electron chi connectivity index (χ3n) is 5.68. The SMILES string of the molecule is CCOc1ccc([C@H](C)NC(=O)C2CCN(Cc3cccc(Cl)c3)CC2)cc1OCC. The predicted octanol–water partition coefficient (Wildman–Crippen LogP) is 5.23. The topological polar surface area (TPSA) is 50.8 Å². The first-order valence-corrected chi connectivity index (χ1v) is 11.5. The second-order valence-corrected chi connectivity index (χ2v) is 8.42. The summed E-state index contributed by atoms with van der Waals surface area (Å²) in [7, 11) is 0. The fourth-order valence-corrected chi connectivity index (χ4v) is 4.21. The zero-order valence-corrected chi connectivity index (χ0v) is 19.5. The molecule has 6 heteroatoms. The van der Waals surface area contributed by atoms with E-state index in [0.717, 1.165) is 54.6 Å². The highest BCUT2D eigenvalue weighted by Gasteiger charge is 2.26. The molecule has 2 aromatic carbocycles. The van der Waals surface area contributed by atoms with Gasteiger partial charge in [0.05, 0.1) is 19.3 Å². The van der Waals surface area contributed by atoms with Crippen LogP contribution in [0.3, 0.4) is 0 Å². The summed E-state index contributed by atoms with van der Waals surface area (Å²) in [6, 6.07) is 13.8.